The zero-order valence-corrected chi connectivity index (χ0v) is 25.5. The molecule has 0 aromatic heterocycles. The molecule has 2 saturated carbocycles. The summed E-state index contributed by atoms with van der Waals surface area (Å²) in [6, 6.07) is 0. The number of hydrogen-bond acceptors (Lipinski definition) is 17. The van der Waals surface area contributed by atoms with Crippen LogP contribution in [0.3, 0.4) is 0 Å². The second kappa shape index (κ2) is 15.2. The van der Waals surface area contributed by atoms with E-state index in [0.29, 0.717) is 6.42 Å². The van der Waals surface area contributed by atoms with Crippen molar-refractivity contribution >= 4 is 5.97 Å². The van der Waals surface area contributed by atoms with Crippen molar-refractivity contribution in [2.75, 3.05) is 13.2 Å². The highest BCUT2D eigenvalue weighted by Gasteiger charge is 2.54. The first-order chi connectivity index (χ1) is 21.8. The number of aliphatic hydroxyl groups is 10. The van der Waals surface area contributed by atoms with Crippen LogP contribution >= 0.6 is 0 Å². The summed E-state index contributed by atoms with van der Waals surface area (Å²) in [7, 11) is 0. The number of carbonyl (C=O) groups excluding carboxylic acids is 1. The molecule has 266 valence electrons. The van der Waals surface area contributed by atoms with E-state index in [1.165, 1.54) is 0 Å². The lowest BCUT2D eigenvalue weighted by Crippen LogP contribution is -2.63. The van der Waals surface area contributed by atoms with Gasteiger partial charge in [-0.15, -0.1) is 0 Å². The smallest absolute Gasteiger partial charge is 0.302 e. The van der Waals surface area contributed by atoms with Crippen LogP contribution in [0.25, 0.3) is 0 Å². The van der Waals surface area contributed by atoms with E-state index in [2.05, 4.69) is 0 Å². The average Bonchev–Trinajstić information content (AvgIpc) is 3.02. The molecule has 5 fully saturated rings. The predicted octanol–water partition coefficient (Wildman–Crippen LogP) is -4.62. The zero-order chi connectivity index (χ0) is 33.4. The molecule has 19 atom stereocenters. The molecule has 0 aromatic carbocycles. The molecule has 3 aliphatic heterocycles. The van der Waals surface area contributed by atoms with Gasteiger partial charge in [-0.3, -0.25) is 4.79 Å². The van der Waals surface area contributed by atoms with E-state index in [-0.39, 0.29) is 38.0 Å². The monoisotopic (exact) mass is 668 g/mol. The van der Waals surface area contributed by atoms with Gasteiger partial charge in [-0.1, -0.05) is 0 Å². The van der Waals surface area contributed by atoms with E-state index in [1.54, 1.807) is 0 Å². The average molecular weight is 669 g/mol. The second-order valence-corrected chi connectivity index (χ2v) is 13.2. The highest BCUT2D eigenvalue weighted by molar-refractivity contribution is 5.65. The first-order valence-corrected chi connectivity index (χ1v) is 15.9. The Balaban J connectivity index is 1.38. The second-order valence-electron chi connectivity index (χ2n) is 13.2. The maximum absolute atomic E-state index is 11.4. The van der Waals surface area contributed by atoms with E-state index >= 15 is 0 Å². The molecule has 3 heterocycles. The van der Waals surface area contributed by atoms with Crippen molar-refractivity contribution in [2.24, 2.45) is 11.8 Å². The summed E-state index contributed by atoms with van der Waals surface area (Å²) >= 11 is 0. The molecule has 0 amide bonds. The molecule has 46 heavy (non-hydrogen) atoms. The van der Waals surface area contributed by atoms with Crippen LogP contribution < -0.4 is 0 Å². The molecule has 0 aromatic rings. The maximum Gasteiger partial charge on any atom is 0.302 e. The summed E-state index contributed by atoms with van der Waals surface area (Å²) in [5.41, 5.74) is 0. The lowest BCUT2D eigenvalue weighted by molar-refractivity contribution is -0.344. The molecule has 2 aliphatic carbocycles. The van der Waals surface area contributed by atoms with Gasteiger partial charge in [0.1, 0.15) is 55.4 Å². The molecular weight excluding hydrogens is 620 g/mol. The third kappa shape index (κ3) is 7.69. The van der Waals surface area contributed by atoms with E-state index in [9.17, 15) is 55.9 Å². The van der Waals surface area contributed by atoms with Crippen molar-refractivity contribution in [1.82, 2.24) is 0 Å². The number of esters is 1. The standard InChI is InChI=1S/C29H48O17/c1-10(31)41-9-20-22(36)24(38)26(40)29(46-20)44-18-7-13-16(42-27(18)11-2-3-14(33)15(34)4-11)5-12(32)6-17(13)43-28-25(39)23(37)21(35)19(8-30)45-28/h11-30,32-40H,2-9H2,1H3/t11?,12?,13?,14?,15?,16?,17?,18?,19-,20-,21-,22-,23+,24+,25-,26-,27?,28-,29-/m1/s1. The minimum Gasteiger partial charge on any atom is -0.463 e. The number of ether oxygens (including phenoxy) is 6. The molecule has 0 spiro atoms. The van der Waals surface area contributed by atoms with Crippen molar-refractivity contribution in [2.45, 2.75) is 150 Å². The van der Waals surface area contributed by atoms with Gasteiger partial charge in [-0.2, -0.15) is 0 Å². The van der Waals surface area contributed by atoms with Crippen molar-refractivity contribution < 1.29 is 84.3 Å². The minimum absolute atomic E-state index is 0.0726. The number of rotatable bonds is 8. The van der Waals surface area contributed by atoms with Gasteiger partial charge in [0.25, 0.3) is 0 Å². The molecule has 0 bridgehead atoms. The number of hydrogen-bond donors (Lipinski definition) is 10. The lowest BCUT2D eigenvalue weighted by Gasteiger charge is -2.52. The van der Waals surface area contributed by atoms with Gasteiger partial charge < -0.3 is 79.5 Å². The summed E-state index contributed by atoms with van der Waals surface area (Å²) in [6.07, 6.45) is -20.0. The molecule has 0 radical (unpaired) electrons. The molecule has 17 heteroatoms. The normalized spacial score (nSPS) is 51.7. The molecule has 10 N–H and O–H groups in total. The van der Waals surface area contributed by atoms with E-state index in [4.69, 9.17) is 28.4 Å². The van der Waals surface area contributed by atoms with Gasteiger partial charge in [0, 0.05) is 19.3 Å². The Bertz CT molecular complexity index is 1000. The molecule has 5 aliphatic rings. The minimum atomic E-state index is -1.71. The first-order valence-electron chi connectivity index (χ1n) is 15.9. The van der Waals surface area contributed by atoms with Crippen LogP contribution in [-0.2, 0) is 33.2 Å². The van der Waals surface area contributed by atoms with Crippen LogP contribution in [-0.4, -0.2) is 174 Å². The zero-order valence-electron chi connectivity index (χ0n) is 25.5. The van der Waals surface area contributed by atoms with Gasteiger partial charge in [-0.25, -0.2) is 0 Å². The molecule has 9 unspecified atom stereocenters. The van der Waals surface area contributed by atoms with Crippen LogP contribution in [0.2, 0.25) is 0 Å². The summed E-state index contributed by atoms with van der Waals surface area (Å²) in [5.74, 6) is -1.51. The van der Waals surface area contributed by atoms with Crippen molar-refractivity contribution in [3.05, 3.63) is 0 Å². The van der Waals surface area contributed by atoms with Crippen molar-refractivity contribution in [3.8, 4) is 0 Å². The molecule has 3 saturated heterocycles. The fourth-order valence-corrected chi connectivity index (χ4v) is 7.43. The largest absolute Gasteiger partial charge is 0.463 e. The van der Waals surface area contributed by atoms with Crippen molar-refractivity contribution in [1.29, 1.82) is 0 Å². The van der Waals surface area contributed by atoms with Gasteiger partial charge in [0.15, 0.2) is 12.6 Å². The summed E-state index contributed by atoms with van der Waals surface area (Å²) < 4.78 is 35.2. The van der Waals surface area contributed by atoms with Crippen LogP contribution in [0, 0.1) is 11.8 Å². The first kappa shape index (κ1) is 36.2. The Kier molecular flexibility index (Phi) is 11.9. The number of fused-ring (bicyclic) bond motifs is 1. The summed E-state index contributed by atoms with van der Waals surface area (Å²) in [5, 5.41) is 104. The Morgan fingerprint density at radius 1 is 0.674 bits per heavy atom. The molecule has 17 nitrogen and oxygen atoms in total. The maximum atomic E-state index is 11.4. The number of aliphatic hydroxyl groups excluding tert-OH is 10. The van der Waals surface area contributed by atoms with Crippen LogP contribution in [0.4, 0.5) is 0 Å². The summed E-state index contributed by atoms with van der Waals surface area (Å²) in [4.78, 5) is 11.4. The number of carbonyl (C=O) groups is 1. The highest BCUT2D eigenvalue weighted by Crippen LogP contribution is 2.45. The van der Waals surface area contributed by atoms with Gasteiger partial charge in [0.05, 0.1) is 49.3 Å². The predicted molar refractivity (Wildman–Crippen MR) is 148 cm³/mol. The van der Waals surface area contributed by atoms with Crippen LogP contribution in [0.15, 0.2) is 0 Å². The third-order valence-electron chi connectivity index (χ3n) is 10.0. The SMILES string of the molecule is CC(=O)OC[C@H]1O[C@@H](OC2CC3C(CC(O)CC3O[C@@H]3O[C@H](CO)[C@@H](O)[C@H](O)[C@H]3O)OC2C2CCC(O)C(O)C2)[C@H](O)[C@@H](O)[C@@H]1O. The quantitative estimate of drug-likeness (QED) is 0.109. The third-order valence-corrected chi connectivity index (χ3v) is 10.0. The summed E-state index contributed by atoms with van der Waals surface area (Å²) in [6.45, 7) is 0.0820. The fourth-order valence-electron chi connectivity index (χ4n) is 7.43. The Morgan fingerprint density at radius 2 is 1.28 bits per heavy atom. The van der Waals surface area contributed by atoms with Gasteiger partial charge >= 0.3 is 5.97 Å². The van der Waals surface area contributed by atoms with Crippen LogP contribution in [0.1, 0.15) is 45.4 Å². The van der Waals surface area contributed by atoms with Gasteiger partial charge in [0.2, 0.25) is 0 Å². The lowest BCUT2D eigenvalue weighted by atomic mass is 9.72. The van der Waals surface area contributed by atoms with Crippen LogP contribution in [0.5, 0.6) is 0 Å². The highest BCUT2D eigenvalue weighted by atomic mass is 16.7. The fraction of sp³-hybridized carbons (Fsp3) is 0.966. The Labute approximate surface area is 265 Å². The Hall–Kier alpha value is -1.13. The molecular formula is C29H48O17. The van der Waals surface area contributed by atoms with E-state index in [0.717, 1.165) is 6.92 Å². The topological polar surface area (TPSA) is 275 Å². The van der Waals surface area contributed by atoms with E-state index < -0.39 is 129 Å². The van der Waals surface area contributed by atoms with Crippen molar-refractivity contribution in [3.63, 3.8) is 0 Å². The van der Waals surface area contributed by atoms with E-state index in [1.807, 2.05) is 0 Å². The Morgan fingerprint density at radius 3 is 1.89 bits per heavy atom. The molecule has 5 rings (SSSR count). The van der Waals surface area contributed by atoms with Gasteiger partial charge in [-0.05, 0) is 38.0 Å².